The molecule has 0 amide bonds. The standard InChI is InChI=1S/C23H29N5/c1-3-25-23(26-15-19(2)22-10-5-4-6-11-22)27-16-20-8-7-9-21(14-20)17-28-13-12-24-18-28/h4-14,18-19H,3,15-17H2,1-2H3,(H2,25,26,27). The van der Waals surface area contributed by atoms with Crippen molar-refractivity contribution in [2.24, 2.45) is 4.99 Å². The van der Waals surface area contributed by atoms with Crippen molar-refractivity contribution >= 4 is 5.96 Å². The summed E-state index contributed by atoms with van der Waals surface area (Å²) >= 11 is 0. The van der Waals surface area contributed by atoms with E-state index in [0.717, 1.165) is 25.6 Å². The van der Waals surface area contributed by atoms with Crippen LogP contribution in [0.25, 0.3) is 0 Å². The van der Waals surface area contributed by atoms with Gasteiger partial charge in [-0.2, -0.15) is 0 Å². The number of hydrogen-bond acceptors (Lipinski definition) is 2. The molecule has 0 radical (unpaired) electrons. The van der Waals surface area contributed by atoms with Crippen molar-refractivity contribution in [3.05, 3.63) is 90.0 Å². The summed E-state index contributed by atoms with van der Waals surface area (Å²) in [6.07, 6.45) is 5.62. The molecule has 0 aliphatic rings. The topological polar surface area (TPSA) is 54.2 Å². The van der Waals surface area contributed by atoms with Crippen LogP contribution in [-0.4, -0.2) is 28.6 Å². The molecule has 2 aromatic carbocycles. The average Bonchev–Trinajstić information content (AvgIpc) is 3.24. The Bertz CT molecular complexity index is 856. The van der Waals surface area contributed by atoms with E-state index in [9.17, 15) is 0 Å². The number of rotatable bonds is 8. The fraction of sp³-hybridized carbons (Fsp3) is 0.304. The van der Waals surface area contributed by atoms with Crippen LogP contribution < -0.4 is 10.6 Å². The van der Waals surface area contributed by atoms with E-state index in [2.05, 4.69) is 88.6 Å². The highest BCUT2D eigenvalue weighted by Crippen LogP contribution is 2.13. The fourth-order valence-corrected chi connectivity index (χ4v) is 3.08. The molecule has 0 saturated carbocycles. The average molecular weight is 376 g/mol. The highest BCUT2D eigenvalue weighted by molar-refractivity contribution is 5.79. The van der Waals surface area contributed by atoms with Gasteiger partial charge in [0.1, 0.15) is 0 Å². The molecular weight excluding hydrogens is 346 g/mol. The first-order chi connectivity index (χ1) is 13.7. The first-order valence-electron chi connectivity index (χ1n) is 9.85. The molecule has 0 fully saturated rings. The van der Waals surface area contributed by atoms with E-state index in [1.807, 2.05) is 12.5 Å². The Hall–Kier alpha value is -3.08. The summed E-state index contributed by atoms with van der Waals surface area (Å²) in [6.45, 7) is 7.47. The number of imidazole rings is 1. The number of hydrogen-bond donors (Lipinski definition) is 2. The van der Waals surface area contributed by atoms with Crippen molar-refractivity contribution < 1.29 is 0 Å². The van der Waals surface area contributed by atoms with Gasteiger partial charge in [0.25, 0.3) is 0 Å². The third kappa shape index (κ3) is 5.98. The minimum absolute atomic E-state index is 0.420. The highest BCUT2D eigenvalue weighted by atomic mass is 15.2. The van der Waals surface area contributed by atoms with Crippen molar-refractivity contribution in [1.82, 2.24) is 20.2 Å². The second kappa shape index (κ2) is 10.3. The third-order valence-electron chi connectivity index (χ3n) is 4.62. The quantitative estimate of drug-likeness (QED) is 0.465. The van der Waals surface area contributed by atoms with E-state index in [1.54, 1.807) is 6.20 Å². The molecule has 146 valence electrons. The van der Waals surface area contributed by atoms with Crippen molar-refractivity contribution in [3.63, 3.8) is 0 Å². The van der Waals surface area contributed by atoms with Gasteiger partial charge in [-0.15, -0.1) is 0 Å². The monoisotopic (exact) mass is 375 g/mol. The molecule has 0 saturated heterocycles. The molecule has 2 N–H and O–H groups in total. The minimum Gasteiger partial charge on any atom is -0.357 e. The third-order valence-corrected chi connectivity index (χ3v) is 4.62. The molecule has 1 atom stereocenters. The zero-order chi connectivity index (χ0) is 19.6. The molecule has 1 unspecified atom stereocenters. The Morgan fingerprint density at radius 1 is 1.07 bits per heavy atom. The maximum Gasteiger partial charge on any atom is 0.191 e. The zero-order valence-electron chi connectivity index (χ0n) is 16.7. The van der Waals surface area contributed by atoms with Crippen LogP contribution in [0, 0.1) is 0 Å². The summed E-state index contributed by atoms with van der Waals surface area (Å²) in [4.78, 5) is 8.86. The van der Waals surface area contributed by atoms with Crippen LogP contribution in [0.5, 0.6) is 0 Å². The molecule has 3 aromatic rings. The van der Waals surface area contributed by atoms with Crippen molar-refractivity contribution in [1.29, 1.82) is 0 Å². The van der Waals surface area contributed by atoms with Crippen LogP contribution in [0.3, 0.4) is 0 Å². The van der Waals surface area contributed by atoms with E-state index in [0.29, 0.717) is 12.5 Å². The van der Waals surface area contributed by atoms with Gasteiger partial charge in [-0.05, 0) is 29.5 Å². The molecule has 3 rings (SSSR count). The predicted octanol–water partition coefficient (Wildman–Crippen LogP) is 3.79. The normalized spacial score (nSPS) is 12.6. The lowest BCUT2D eigenvalue weighted by Gasteiger charge is -2.16. The lowest BCUT2D eigenvalue weighted by atomic mass is 10.0. The van der Waals surface area contributed by atoms with E-state index < -0.39 is 0 Å². The Kier molecular flexibility index (Phi) is 7.24. The van der Waals surface area contributed by atoms with Crippen LogP contribution in [0.4, 0.5) is 0 Å². The second-order valence-electron chi connectivity index (χ2n) is 6.94. The van der Waals surface area contributed by atoms with Gasteiger partial charge >= 0.3 is 0 Å². The molecule has 28 heavy (non-hydrogen) atoms. The van der Waals surface area contributed by atoms with E-state index >= 15 is 0 Å². The van der Waals surface area contributed by atoms with Crippen molar-refractivity contribution in [3.8, 4) is 0 Å². The number of nitrogens with one attached hydrogen (secondary N) is 2. The smallest absolute Gasteiger partial charge is 0.191 e. The molecule has 0 aliphatic heterocycles. The molecule has 0 spiro atoms. The number of nitrogens with zero attached hydrogens (tertiary/aromatic N) is 3. The van der Waals surface area contributed by atoms with E-state index in [-0.39, 0.29) is 0 Å². The number of benzene rings is 2. The molecule has 0 aliphatic carbocycles. The van der Waals surface area contributed by atoms with Gasteiger partial charge in [0.05, 0.1) is 12.9 Å². The van der Waals surface area contributed by atoms with Gasteiger partial charge in [0.2, 0.25) is 0 Å². The summed E-state index contributed by atoms with van der Waals surface area (Å²) in [5.74, 6) is 1.27. The number of aromatic nitrogens is 2. The first-order valence-corrected chi connectivity index (χ1v) is 9.85. The summed E-state index contributed by atoms with van der Waals surface area (Å²) in [5, 5.41) is 6.80. The van der Waals surface area contributed by atoms with E-state index in [1.165, 1.54) is 16.7 Å². The molecule has 1 heterocycles. The SMILES string of the molecule is CCNC(=NCc1cccc(Cn2ccnc2)c1)NCC(C)c1ccccc1. The summed E-state index contributed by atoms with van der Waals surface area (Å²) in [7, 11) is 0. The summed E-state index contributed by atoms with van der Waals surface area (Å²) < 4.78 is 2.07. The van der Waals surface area contributed by atoms with Crippen molar-refractivity contribution in [2.75, 3.05) is 13.1 Å². The van der Waals surface area contributed by atoms with Crippen LogP contribution in [0.2, 0.25) is 0 Å². The minimum atomic E-state index is 0.420. The Morgan fingerprint density at radius 3 is 2.64 bits per heavy atom. The van der Waals surface area contributed by atoms with Crippen LogP contribution in [0.1, 0.15) is 36.5 Å². The molecular formula is C23H29N5. The fourth-order valence-electron chi connectivity index (χ4n) is 3.08. The van der Waals surface area contributed by atoms with Gasteiger partial charge in [-0.3, -0.25) is 0 Å². The lowest BCUT2D eigenvalue weighted by Crippen LogP contribution is -2.39. The van der Waals surface area contributed by atoms with Crippen molar-refractivity contribution in [2.45, 2.75) is 32.9 Å². The Balaban J connectivity index is 1.59. The van der Waals surface area contributed by atoms with Crippen LogP contribution in [0.15, 0.2) is 78.3 Å². The summed E-state index contributed by atoms with van der Waals surface area (Å²) in [5.41, 5.74) is 3.78. The number of aliphatic imine (C=N–C) groups is 1. The molecule has 0 bridgehead atoms. The maximum atomic E-state index is 4.76. The Morgan fingerprint density at radius 2 is 1.89 bits per heavy atom. The zero-order valence-corrected chi connectivity index (χ0v) is 16.7. The Labute approximate surface area is 167 Å². The predicted molar refractivity (Wildman–Crippen MR) is 115 cm³/mol. The maximum absolute atomic E-state index is 4.76. The van der Waals surface area contributed by atoms with Gasteiger partial charge < -0.3 is 15.2 Å². The first kappa shape index (κ1) is 19.7. The second-order valence-corrected chi connectivity index (χ2v) is 6.94. The summed E-state index contributed by atoms with van der Waals surface area (Å²) in [6, 6.07) is 19.1. The largest absolute Gasteiger partial charge is 0.357 e. The van der Waals surface area contributed by atoms with Crippen LogP contribution >= 0.6 is 0 Å². The van der Waals surface area contributed by atoms with E-state index in [4.69, 9.17) is 4.99 Å². The number of guanidine groups is 1. The molecule has 1 aromatic heterocycles. The van der Waals surface area contributed by atoms with Gasteiger partial charge in [-0.1, -0.05) is 61.5 Å². The van der Waals surface area contributed by atoms with Gasteiger partial charge in [0, 0.05) is 32.0 Å². The molecule has 5 heteroatoms. The van der Waals surface area contributed by atoms with Gasteiger partial charge in [-0.25, -0.2) is 9.98 Å². The lowest BCUT2D eigenvalue weighted by molar-refractivity contribution is 0.699. The highest BCUT2D eigenvalue weighted by Gasteiger charge is 2.06. The molecule has 5 nitrogen and oxygen atoms in total. The van der Waals surface area contributed by atoms with Gasteiger partial charge in [0.15, 0.2) is 5.96 Å². The van der Waals surface area contributed by atoms with Crippen LogP contribution in [-0.2, 0) is 13.1 Å².